The van der Waals surface area contributed by atoms with E-state index in [2.05, 4.69) is 10.5 Å². The molecule has 1 aromatic rings. The van der Waals surface area contributed by atoms with Crippen LogP contribution in [0, 0.1) is 0 Å². The Morgan fingerprint density at radius 3 is 2.82 bits per heavy atom. The van der Waals surface area contributed by atoms with Crippen LogP contribution in [0.1, 0.15) is 12.5 Å². The van der Waals surface area contributed by atoms with Gasteiger partial charge in [-0.05, 0) is 13.0 Å². The number of benzene rings is 1. The van der Waals surface area contributed by atoms with E-state index in [9.17, 15) is 4.79 Å². The predicted molar refractivity (Wildman–Crippen MR) is 66.9 cm³/mol. The summed E-state index contributed by atoms with van der Waals surface area (Å²) < 4.78 is 0. The zero-order chi connectivity index (χ0) is 12.8. The average molecular weight is 256 g/mol. The first-order chi connectivity index (χ1) is 8.06. The summed E-state index contributed by atoms with van der Waals surface area (Å²) in [7, 11) is 0. The summed E-state index contributed by atoms with van der Waals surface area (Å²) in [5.74, 6) is -0.543. The van der Waals surface area contributed by atoms with Gasteiger partial charge in [-0.15, -0.1) is 0 Å². The van der Waals surface area contributed by atoms with Gasteiger partial charge in [0.2, 0.25) is 0 Å². The van der Waals surface area contributed by atoms with Crippen LogP contribution in [0.5, 0.6) is 0 Å². The van der Waals surface area contributed by atoms with Crippen molar-refractivity contribution in [3.63, 3.8) is 0 Å². The van der Waals surface area contributed by atoms with Crippen molar-refractivity contribution in [1.29, 1.82) is 0 Å². The van der Waals surface area contributed by atoms with Crippen molar-refractivity contribution < 1.29 is 9.90 Å². The van der Waals surface area contributed by atoms with Gasteiger partial charge in [-0.3, -0.25) is 4.79 Å². The Balaban J connectivity index is 2.74. The van der Waals surface area contributed by atoms with Crippen LogP contribution in [-0.2, 0) is 4.79 Å². The highest BCUT2D eigenvalue weighted by molar-refractivity contribution is 6.34. The first-order valence-electron chi connectivity index (χ1n) is 5.01. The first-order valence-corrected chi connectivity index (χ1v) is 5.39. The Morgan fingerprint density at radius 1 is 1.59 bits per heavy atom. The normalized spacial score (nSPS) is 13.3. The number of halogens is 1. The Labute approximate surface area is 104 Å². The van der Waals surface area contributed by atoms with Crippen LogP contribution in [0.4, 0.5) is 0 Å². The molecular formula is C11H14ClN3O2. The number of aliphatic hydroxyl groups is 1. The highest BCUT2D eigenvalue weighted by Crippen LogP contribution is 2.15. The van der Waals surface area contributed by atoms with Gasteiger partial charge < -0.3 is 10.8 Å². The number of carbonyl (C=O) groups excluding carboxylic acids is 1. The standard InChI is InChI=1S/C11H14ClN3O2/c1-7(8-4-2-3-5-9(8)12)14-15-11(17)10(13)6-16/h2-5,10,16H,6,13H2,1H3,(H,15,17)/b14-7+. The summed E-state index contributed by atoms with van der Waals surface area (Å²) >= 11 is 5.97. The summed E-state index contributed by atoms with van der Waals surface area (Å²) in [6, 6.07) is 6.18. The van der Waals surface area contributed by atoms with Gasteiger partial charge in [-0.1, -0.05) is 29.8 Å². The lowest BCUT2D eigenvalue weighted by molar-refractivity contribution is -0.123. The SMILES string of the molecule is C/C(=N\NC(=O)C(N)CO)c1ccccc1Cl. The molecule has 0 aliphatic carbocycles. The van der Waals surface area contributed by atoms with Crippen molar-refractivity contribution in [2.45, 2.75) is 13.0 Å². The van der Waals surface area contributed by atoms with Gasteiger partial charge in [-0.2, -0.15) is 5.10 Å². The summed E-state index contributed by atoms with van der Waals surface area (Å²) in [5.41, 5.74) is 8.87. The number of aliphatic hydroxyl groups excluding tert-OH is 1. The molecule has 0 saturated carbocycles. The molecule has 6 heteroatoms. The zero-order valence-electron chi connectivity index (χ0n) is 9.35. The fourth-order valence-electron chi connectivity index (χ4n) is 1.12. The van der Waals surface area contributed by atoms with Gasteiger partial charge in [0.25, 0.3) is 5.91 Å². The van der Waals surface area contributed by atoms with Crippen molar-refractivity contribution in [2.75, 3.05) is 6.61 Å². The summed E-state index contributed by atoms with van der Waals surface area (Å²) in [5, 5.41) is 13.1. The molecule has 0 radical (unpaired) electrons. The van der Waals surface area contributed by atoms with E-state index in [1.54, 1.807) is 25.1 Å². The second-order valence-corrected chi connectivity index (χ2v) is 3.85. The van der Waals surface area contributed by atoms with Gasteiger partial charge >= 0.3 is 0 Å². The number of hydrazone groups is 1. The van der Waals surface area contributed by atoms with Gasteiger partial charge in [-0.25, -0.2) is 5.43 Å². The molecule has 0 aromatic heterocycles. The van der Waals surface area contributed by atoms with Crippen molar-refractivity contribution in [3.05, 3.63) is 34.9 Å². The molecule has 4 N–H and O–H groups in total. The predicted octanol–water partition coefficient (Wildman–Crippen LogP) is 0.500. The lowest BCUT2D eigenvalue weighted by Gasteiger charge is -2.07. The number of rotatable bonds is 4. The molecular weight excluding hydrogens is 242 g/mol. The zero-order valence-corrected chi connectivity index (χ0v) is 10.1. The lowest BCUT2D eigenvalue weighted by Crippen LogP contribution is -2.41. The maximum atomic E-state index is 11.3. The van der Waals surface area contributed by atoms with Crippen LogP contribution in [0.2, 0.25) is 5.02 Å². The van der Waals surface area contributed by atoms with Crippen molar-refractivity contribution in [2.24, 2.45) is 10.8 Å². The molecule has 0 aliphatic heterocycles. The minimum absolute atomic E-state index is 0.424. The number of hydrogen-bond donors (Lipinski definition) is 3. The Bertz CT molecular complexity index is 434. The number of nitrogens with two attached hydrogens (primary N) is 1. The van der Waals surface area contributed by atoms with Gasteiger partial charge in [0.1, 0.15) is 6.04 Å². The molecule has 17 heavy (non-hydrogen) atoms. The second kappa shape index (κ2) is 6.34. The molecule has 0 aliphatic rings. The van der Waals surface area contributed by atoms with Crippen LogP contribution in [-0.4, -0.2) is 29.4 Å². The third kappa shape index (κ3) is 3.81. The van der Waals surface area contributed by atoms with Crippen LogP contribution in [0.25, 0.3) is 0 Å². The maximum absolute atomic E-state index is 11.3. The molecule has 1 unspecified atom stereocenters. The second-order valence-electron chi connectivity index (χ2n) is 3.44. The van der Waals surface area contributed by atoms with E-state index in [0.29, 0.717) is 10.7 Å². The average Bonchev–Trinajstić information content (AvgIpc) is 2.35. The van der Waals surface area contributed by atoms with Gasteiger partial charge in [0.05, 0.1) is 12.3 Å². The van der Waals surface area contributed by atoms with E-state index in [1.165, 1.54) is 0 Å². The highest BCUT2D eigenvalue weighted by Gasteiger charge is 2.11. The van der Waals surface area contributed by atoms with E-state index in [4.69, 9.17) is 22.4 Å². The fraction of sp³-hybridized carbons (Fsp3) is 0.273. The monoisotopic (exact) mass is 255 g/mol. The van der Waals surface area contributed by atoms with E-state index in [0.717, 1.165) is 5.56 Å². The van der Waals surface area contributed by atoms with Crippen molar-refractivity contribution >= 4 is 23.2 Å². The van der Waals surface area contributed by atoms with Gasteiger partial charge in [0.15, 0.2) is 0 Å². The third-order valence-electron chi connectivity index (χ3n) is 2.13. The first kappa shape index (κ1) is 13.6. The van der Waals surface area contributed by atoms with Crippen LogP contribution >= 0.6 is 11.6 Å². The molecule has 1 aromatic carbocycles. The minimum Gasteiger partial charge on any atom is -0.394 e. The van der Waals surface area contributed by atoms with Crippen molar-refractivity contribution in [3.8, 4) is 0 Å². The quantitative estimate of drug-likeness (QED) is 0.541. The number of nitrogens with zero attached hydrogens (tertiary/aromatic N) is 1. The summed E-state index contributed by atoms with van der Waals surface area (Å²) in [6.07, 6.45) is 0. The lowest BCUT2D eigenvalue weighted by atomic mass is 10.1. The molecule has 1 atom stereocenters. The molecule has 1 amide bonds. The molecule has 0 fully saturated rings. The number of nitrogens with one attached hydrogen (secondary N) is 1. The van der Waals surface area contributed by atoms with Crippen LogP contribution in [0.15, 0.2) is 29.4 Å². The Kier molecular flexibility index (Phi) is 5.09. The van der Waals surface area contributed by atoms with E-state index in [-0.39, 0.29) is 0 Å². The molecule has 92 valence electrons. The van der Waals surface area contributed by atoms with Crippen LogP contribution < -0.4 is 11.2 Å². The molecule has 0 bridgehead atoms. The minimum atomic E-state index is -0.974. The largest absolute Gasteiger partial charge is 0.394 e. The van der Waals surface area contributed by atoms with E-state index < -0.39 is 18.6 Å². The number of hydrogen-bond acceptors (Lipinski definition) is 4. The summed E-state index contributed by atoms with van der Waals surface area (Å²) in [4.78, 5) is 11.3. The molecule has 0 heterocycles. The smallest absolute Gasteiger partial charge is 0.259 e. The molecule has 0 spiro atoms. The highest BCUT2D eigenvalue weighted by atomic mass is 35.5. The fourth-order valence-corrected chi connectivity index (χ4v) is 1.39. The summed E-state index contributed by atoms with van der Waals surface area (Å²) in [6.45, 7) is 1.29. The molecule has 5 nitrogen and oxygen atoms in total. The Morgan fingerprint density at radius 2 is 2.24 bits per heavy atom. The molecule has 1 rings (SSSR count). The Hall–Kier alpha value is -1.43. The van der Waals surface area contributed by atoms with Gasteiger partial charge in [0, 0.05) is 10.6 Å². The van der Waals surface area contributed by atoms with E-state index >= 15 is 0 Å². The topological polar surface area (TPSA) is 87.7 Å². The van der Waals surface area contributed by atoms with E-state index in [1.807, 2.05) is 6.07 Å². The maximum Gasteiger partial charge on any atom is 0.259 e. The van der Waals surface area contributed by atoms with Crippen molar-refractivity contribution in [1.82, 2.24) is 5.43 Å². The number of carbonyl (C=O) groups is 1. The molecule has 0 saturated heterocycles. The number of amides is 1. The third-order valence-corrected chi connectivity index (χ3v) is 2.46. The van der Waals surface area contributed by atoms with Crippen LogP contribution in [0.3, 0.4) is 0 Å².